The number of methoxy groups -OCH3 is 1. The molecule has 5 nitrogen and oxygen atoms in total. The van der Waals surface area contributed by atoms with Crippen molar-refractivity contribution in [1.29, 1.82) is 0 Å². The maximum absolute atomic E-state index is 12.6. The van der Waals surface area contributed by atoms with Crippen molar-refractivity contribution in [3.05, 3.63) is 53.9 Å². The van der Waals surface area contributed by atoms with Crippen molar-refractivity contribution in [3.8, 4) is 5.75 Å². The van der Waals surface area contributed by atoms with Crippen molar-refractivity contribution in [3.63, 3.8) is 0 Å². The second kappa shape index (κ2) is 5.67. The number of fused-ring (bicyclic) bond motifs is 1. The molecule has 122 valence electrons. The number of ether oxygens (including phenoxy) is 1. The van der Waals surface area contributed by atoms with Crippen molar-refractivity contribution >= 4 is 22.6 Å². The molecule has 1 aliphatic rings. The van der Waals surface area contributed by atoms with Crippen LogP contribution in [-0.4, -0.2) is 22.6 Å². The molecule has 1 fully saturated rings. The normalized spacial score (nSPS) is 13.9. The third kappa shape index (κ3) is 2.52. The van der Waals surface area contributed by atoms with E-state index in [1.54, 1.807) is 7.11 Å². The highest BCUT2D eigenvalue weighted by molar-refractivity contribution is 6.06. The van der Waals surface area contributed by atoms with Gasteiger partial charge in [0, 0.05) is 18.5 Å². The SMILES string of the molecule is COc1ccccc1NC(=O)c1ccc2c(c1)nc(C1CC1)n2C. The summed E-state index contributed by atoms with van der Waals surface area (Å²) in [5.41, 5.74) is 3.18. The lowest BCUT2D eigenvalue weighted by Crippen LogP contribution is -2.12. The van der Waals surface area contributed by atoms with Crippen molar-refractivity contribution in [1.82, 2.24) is 9.55 Å². The van der Waals surface area contributed by atoms with Gasteiger partial charge in [-0.2, -0.15) is 0 Å². The summed E-state index contributed by atoms with van der Waals surface area (Å²) in [7, 11) is 3.63. The molecule has 0 spiro atoms. The highest BCUT2D eigenvalue weighted by Crippen LogP contribution is 2.40. The number of amides is 1. The van der Waals surface area contributed by atoms with E-state index < -0.39 is 0 Å². The van der Waals surface area contributed by atoms with Gasteiger partial charge >= 0.3 is 0 Å². The monoisotopic (exact) mass is 321 g/mol. The number of nitrogens with one attached hydrogen (secondary N) is 1. The van der Waals surface area contributed by atoms with Crippen molar-refractivity contribution in [2.75, 3.05) is 12.4 Å². The molecule has 24 heavy (non-hydrogen) atoms. The van der Waals surface area contributed by atoms with E-state index >= 15 is 0 Å². The molecule has 1 heterocycles. The summed E-state index contributed by atoms with van der Waals surface area (Å²) >= 11 is 0. The van der Waals surface area contributed by atoms with E-state index in [-0.39, 0.29) is 5.91 Å². The highest BCUT2D eigenvalue weighted by Gasteiger charge is 2.28. The van der Waals surface area contributed by atoms with E-state index in [1.807, 2.05) is 49.5 Å². The number of imidazole rings is 1. The van der Waals surface area contributed by atoms with Crippen LogP contribution < -0.4 is 10.1 Å². The summed E-state index contributed by atoms with van der Waals surface area (Å²) in [6.45, 7) is 0. The Kier molecular flexibility index (Phi) is 3.49. The summed E-state index contributed by atoms with van der Waals surface area (Å²) in [6.07, 6.45) is 2.41. The van der Waals surface area contributed by atoms with Gasteiger partial charge < -0.3 is 14.6 Å². The Hall–Kier alpha value is -2.82. The number of benzene rings is 2. The Bertz CT molecular complexity index is 926. The lowest BCUT2D eigenvalue weighted by molar-refractivity contribution is 0.102. The van der Waals surface area contributed by atoms with E-state index in [9.17, 15) is 4.79 Å². The van der Waals surface area contributed by atoms with E-state index in [2.05, 4.69) is 9.88 Å². The smallest absolute Gasteiger partial charge is 0.255 e. The fourth-order valence-electron chi connectivity index (χ4n) is 3.01. The molecule has 1 saturated carbocycles. The minimum Gasteiger partial charge on any atom is -0.495 e. The molecule has 3 aromatic rings. The molecule has 0 atom stereocenters. The maximum Gasteiger partial charge on any atom is 0.255 e. The van der Waals surface area contributed by atoms with Crippen molar-refractivity contribution < 1.29 is 9.53 Å². The maximum atomic E-state index is 12.6. The highest BCUT2D eigenvalue weighted by atomic mass is 16.5. The number of nitrogens with zero attached hydrogens (tertiary/aromatic N) is 2. The van der Waals surface area contributed by atoms with E-state index in [1.165, 1.54) is 12.8 Å². The zero-order chi connectivity index (χ0) is 16.7. The van der Waals surface area contributed by atoms with Crippen LogP contribution in [0, 0.1) is 0 Å². The van der Waals surface area contributed by atoms with E-state index in [4.69, 9.17) is 9.72 Å². The van der Waals surface area contributed by atoms with Gasteiger partial charge in [-0.15, -0.1) is 0 Å². The molecule has 0 unspecified atom stereocenters. The number of para-hydroxylation sites is 2. The number of anilines is 1. The van der Waals surface area contributed by atoms with Gasteiger partial charge in [0.2, 0.25) is 0 Å². The van der Waals surface area contributed by atoms with Gasteiger partial charge in [-0.3, -0.25) is 4.79 Å². The molecule has 0 bridgehead atoms. The molecular weight excluding hydrogens is 302 g/mol. The van der Waals surface area contributed by atoms with E-state index in [0.717, 1.165) is 16.9 Å². The summed E-state index contributed by atoms with van der Waals surface area (Å²) in [5.74, 6) is 2.17. The average Bonchev–Trinajstić information content (AvgIpc) is 3.39. The first-order chi connectivity index (χ1) is 11.7. The fourth-order valence-corrected chi connectivity index (χ4v) is 3.01. The quantitative estimate of drug-likeness (QED) is 0.797. The lowest BCUT2D eigenvalue weighted by Gasteiger charge is -2.09. The molecule has 1 aliphatic carbocycles. The zero-order valence-corrected chi connectivity index (χ0v) is 13.7. The van der Waals surface area contributed by atoms with Crippen LogP contribution in [0.4, 0.5) is 5.69 Å². The Balaban J connectivity index is 1.64. The van der Waals surface area contributed by atoms with Gasteiger partial charge in [0.25, 0.3) is 5.91 Å². The Labute approximate surface area is 140 Å². The Morgan fingerprint density at radius 2 is 2.04 bits per heavy atom. The third-order valence-corrected chi connectivity index (χ3v) is 4.48. The first-order valence-electron chi connectivity index (χ1n) is 8.08. The van der Waals surface area contributed by atoms with E-state index in [0.29, 0.717) is 22.9 Å². The standard InChI is InChI=1S/C19H19N3O2/c1-22-16-10-9-13(11-15(16)20-18(22)12-7-8-12)19(23)21-14-5-3-4-6-17(14)24-2/h3-6,9-12H,7-8H2,1-2H3,(H,21,23). The summed E-state index contributed by atoms with van der Waals surface area (Å²) in [4.78, 5) is 17.3. The van der Waals surface area contributed by atoms with Crippen LogP contribution in [-0.2, 0) is 7.05 Å². The van der Waals surface area contributed by atoms with Crippen LogP contribution in [0.3, 0.4) is 0 Å². The Morgan fingerprint density at radius 3 is 2.79 bits per heavy atom. The van der Waals surface area contributed by atoms with Crippen LogP contribution in [0.5, 0.6) is 5.75 Å². The fraction of sp³-hybridized carbons (Fsp3) is 0.263. The minimum atomic E-state index is -0.167. The number of aromatic nitrogens is 2. The number of hydrogen-bond donors (Lipinski definition) is 1. The van der Waals surface area contributed by atoms with Crippen LogP contribution in [0.25, 0.3) is 11.0 Å². The molecule has 1 N–H and O–H groups in total. The van der Waals surface area contributed by atoms with Gasteiger partial charge in [0.05, 0.1) is 23.8 Å². The van der Waals surface area contributed by atoms with Crippen LogP contribution in [0.15, 0.2) is 42.5 Å². The summed E-state index contributed by atoms with van der Waals surface area (Å²) in [6, 6.07) is 13.0. The van der Waals surface area contributed by atoms with Gasteiger partial charge in [-0.25, -0.2) is 4.98 Å². The molecule has 4 rings (SSSR count). The minimum absolute atomic E-state index is 0.167. The lowest BCUT2D eigenvalue weighted by atomic mass is 10.1. The number of hydrogen-bond acceptors (Lipinski definition) is 3. The molecular formula is C19H19N3O2. The summed E-state index contributed by atoms with van der Waals surface area (Å²) < 4.78 is 7.41. The van der Waals surface area contributed by atoms with Gasteiger partial charge in [-0.05, 0) is 43.2 Å². The van der Waals surface area contributed by atoms with Gasteiger partial charge in [0.1, 0.15) is 11.6 Å². The largest absolute Gasteiger partial charge is 0.495 e. The number of rotatable bonds is 4. The first-order valence-corrected chi connectivity index (χ1v) is 8.08. The molecule has 1 aromatic heterocycles. The average molecular weight is 321 g/mol. The van der Waals surface area contributed by atoms with Crippen LogP contribution >= 0.6 is 0 Å². The molecule has 0 radical (unpaired) electrons. The Morgan fingerprint density at radius 1 is 1.25 bits per heavy atom. The molecule has 5 heteroatoms. The van der Waals surface area contributed by atoms with Crippen molar-refractivity contribution in [2.24, 2.45) is 7.05 Å². The number of carbonyl (C=O) groups is 1. The first kappa shape index (κ1) is 14.8. The van der Waals surface area contributed by atoms with Gasteiger partial charge in [0.15, 0.2) is 0 Å². The predicted octanol–water partition coefficient (Wildman–Crippen LogP) is 3.71. The molecule has 2 aromatic carbocycles. The molecule has 0 saturated heterocycles. The third-order valence-electron chi connectivity index (χ3n) is 4.48. The molecule has 1 amide bonds. The van der Waals surface area contributed by atoms with Crippen LogP contribution in [0.2, 0.25) is 0 Å². The van der Waals surface area contributed by atoms with Crippen LogP contribution in [0.1, 0.15) is 34.9 Å². The second-order valence-electron chi connectivity index (χ2n) is 6.16. The zero-order valence-electron chi connectivity index (χ0n) is 13.7. The van der Waals surface area contributed by atoms with Gasteiger partial charge in [-0.1, -0.05) is 12.1 Å². The van der Waals surface area contributed by atoms with Crippen molar-refractivity contribution in [2.45, 2.75) is 18.8 Å². The topological polar surface area (TPSA) is 56.1 Å². The second-order valence-corrected chi connectivity index (χ2v) is 6.16. The number of aryl methyl sites for hydroxylation is 1. The molecule has 0 aliphatic heterocycles. The predicted molar refractivity (Wildman–Crippen MR) is 93.6 cm³/mol. The number of carbonyl (C=O) groups excluding carboxylic acids is 1. The summed E-state index contributed by atoms with van der Waals surface area (Å²) in [5, 5.41) is 2.90.